The predicted octanol–water partition coefficient (Wildman–Crippen LogP) is 3.24. The van der Waals surface area contributed by atoms with Crippen LogP contribution in [0.25, 0.3) is 0 Å². The topological polar surface area (TPSA) is 37.4 Å². The molecule has 1 aromatic carbocycles. The molecule has 2 aliphatic rings. The molecule has 1 aliphatic heterocycles. The molecule has 0 aromatic heterocycles. The molecule has 0 amide bonds. The molecule has 1 unspecified atom stereocenters. The van der Waals surface area contributed by atoms with Gasteiger partial charge in [0.25, 0.3) is 10.0 Å². The molecule has 0 radical (unpaired) electrons. The van der Waals surface area contributed by atoms with E-state index in [1.807, 2.05) is 25.3 Å². The quantitative estimate of drug-likeness (QED) is 0.838. The van der Waals surface area contributed by atoms with Crippen molar-refractivity contribution < 1.29 is 8.42 Å². The first-order chi connectivity index (χ1) is 9.48. The zero-order valence-corrected chi connectivity index (χ0v) is 12.7. The van der Waals surface area contributed by atoms with E-state index >= 15 is 0 Å². The molecule has 106 valence electrons. The van der Waals surface area contributed by atoms with Gasteiger partial charge in [-0.1, -0.05) is 29.3 Å². The SMILES string of the molecule is CC1=CCC2CCN(S(=O)(=O)c3ccc(C)cc3)C=C12. The summed E-state index contributed by atoms with van der Waals surface area (Å²) in [4.78, 5) is 0.373. The lowest BCUT2D eigenvalue weighted by molar-refractivity contribution is 0.423. The monoisotopic (exact) mass is 289 g/mol. The molecular formula is C16H19NO2S. The second-order valence-corrected chi connectivity index (χ2v) is 7.51. The predicted molar refractivity (Wildman–Crippen MR) is 79.6 cm³/mol. The van der Waals surface area contributed by atoms with Crippen molar-refractivity contribution in [3.05, 3.63) is 53.3 Å². The lowest BCUT2D eigenvalue weighted by atomic mass is 9.94. The molecular weight excluding hydrogens is 270 g/mol. The number of benzene rings is 1. The summed E-state index contributed by atoms with van der Waals surface area (Å²) in [5.74, 6) is 0.513. The average Bonchev–Trinajstić information content (AvgIpc) is 2.80. The maximum absolute atomic E-state index is 12.7. The highest BCUT2D eigenvalue weighted by Gasteiger charge is 2.31. The van der Waals surface area contributed by atoms with Gasteiger partial charge in [-0.25, -0.2) is 8.42 Å². The fourth-order valence-corrected chi connectivity index (χ4v) is 4.25. The smallest absolute Gasteiger partial charge is 0.263 e. The van der Waals surface area contributed by atoms with Crippen molar-refractivity contribution in [1.29, 1.82) is 0 Å². The molecule has 4 heteroatoms. The molecule has 0 saturated heterocycles. The molecule has 1 aromatic rings. The lowest BCUT2D eigenvalue weighted by Gasteiger charge is -2.29. The van der Waals surface area contributed by atoms with Crippen molar-refractivity contribution in [2.75, 3.05) is 6.54 Å². The second-order valence-electron chi connectivity index (χ2n) is 5.62. The van der Waals surface area contributed by atoms with Gasteiger partial charge in [-0.2, -0.15) is 0 Å². The van der Waals surface area contributed by atoms with Gasteiger partial charge in [0.2, 0.25) is 0 Å². The minimum atomic E-state index is -3.41. The molecule has 0 fully saturated rings. The van der Waals surface area contributed by atoms with Crippen molar-refractivity contribution in [2.45, 2.75) is 31.6 Å². The third kappa shape index (κ3) is 2.18. The van der Waals surface area contributed by atoms with Gasteiger partial charge in [0.15, 0.2) is 0 Å². The lowest BCUT2D eigenvalue weighted by Crippen LogP contribution is -2.32. The Hall–Kier alpha value is -1.55. The minimum absolute atomic E-state index is 0.373. The molecule has 3 nitrogen and oxygen atoms in total. The number of nitrogens with zero attached hydrogens (tertiary/aromatic N) is 1. The van der Waals surface area contributed by atoms with Crippen LogP contribution in [0.2, 0.25) is 0 Å². The van der Waals surface area contributed by atoms with E-state index in [0.717, 1.165) is 18.4 Å². The number of sulfonamides is 1. The van der Waals surface area contributed by atoms with Crippen LogP contribution in [-0.2, 0) is 10.0 Å². The summed E-state index contributed by atoms with van der Waals surface area (Å²) in [7, 11) is -3.41. The van der Waals surface area contributed by atoms with E-state index in [1.165, 1.54) is 15.5 Å². The van der Waals surface area contributed by atoms with Crippen LogP contribution in [0.4, 0.5) is 0 Å². The fraction of sp³-hybridized carbons (Fsp3) is 0.375. The number of aryl methyl sites for hydroxylation is 1. The van der Waals surface area contributed by atoms with E-state index in [-0.39, 0.29) is 0 Å². The van der Waals surface area contributed by atoms with Crippen LogP contribution >= 0.6 is 0 Å². The Bertz CT molecular complexity index is 684. The molecule has 0 N–H and O–H groups in total. The van der Waals surface area contributed by atoms with Crippen molar-refractivity contribution in [3.8, 4) is 0 Å². The first-order valence-electron chi connectivity index (χ1n) is 6.96. The number of fused-ring (bicyclic) bond motifs is 1. The first-order valence-corrected chi connectivity index (χ1v) is 8.40. The normalized spacial score (nSPS) is 22.3. The number of rotatable bonds is 2. The van der Waals surface area contributed by atoms with E-state index in [2.05, 4.69) is 13.0 Å². The largest absolute Gasteiger partial charge is 0.273 e. The van der Waals surface area contributed by atoms with Gasteiger partial charge in [-0.15, -0.1) is 0 Å². The van der Waals surface area contributed by atoms with Crippen LogP contribution in [0.5, 0.6) is 0 Å². The van der Waals surface area contributed by atoms with E-state index in [1.54, 1.807) is 12.1 Å². The second kappa shape index (κ2) is 4.77. The number of hydrogen-bond acceptors (Lipinski definition) is 2. The van der Waals surface area contributed by atoms with Crippen molar-refractivity contribution in [1.82, 2.24) is 4.31 Å². The summed E-state index contributed by atoms with van der Waals surface area (Å²) in [5, 5.41) is 0. The number of hydrogen-bond donors (Lipinski definition) is 0. The Labute approximate surface area is 120 Å². The number of allylic oxidation sites excluding steroid dienone is 3. The van der Waals surface area contributed by atoms with Crippen LogP contribution in [0.15, 0.2) is 52.6 Å². The third-order valence-corrected chi connectivity index (χ3v) is 5.99. The average molecular weight is 289 g/mol. The summed E-state index contributed by atoms with van der Waals surface area (Å²) in [6.07, 6.45) is 6.00. The minimum Gasteiger partial charge on any atom is -0.273 e. The molecule has 0 saturated carbocycles. The van der Waals surface area contributed by atoms with Gasteiger partial charge in [-0.05, 0) is 50.3 Å². The van der Waals surface area contributed by atoms with E-state index in [4.69, 9.17) is 0 Å². The van der Waals surface area contributed by atoms with E-state index in [9.17, 15) is 8.42 Å². The van der Waals surface area contributed by atoms with E-state index in [0.29, 0.717) is 17.4 Å². The van der Waals surface area contributed by atoms with Crippen LogP contribution in [0.3, 0.4) is 0 Å². The highest BCUT2D eigenvalue weighted by molar-refractivity contribution is 7.89. The molecule has 1 aliphatic carbocycles. The van der Waals surface area contributed by atoms with Gasteiger partial charge < -0.3 is 0 Å². The molecule has 0 spiro atoms. The van der Waals surface area contributed by atoms with Crippen molar-refractivity contribution in [2.24, 2.45) is 5.92 Å². The highest BCUT2D eigenvalue weighted by Crippen LogP contribution is 2.37. The molecule has 3 rings (SSSR count). The molecule has 0 bridgehead atoms. The Morgan fingerprint density at radius 1 is 1.15 bits per heavy atom. The molecule has 20 heavy (non-hydrogen) atoms. The summed E-state index contributed by atoms with van der Waals surface area (Å²) in [5.41, 5.74) is 3.47. The maximum Gasteiger partial charge on any atom is 0.263 e. The van der Waals surface area contributed by atoms with Gasteiger partial charge in [0.05, 0.1) is 4.90 Å². The van der Waals surface area contributed by atoms with Gasteiger partial charge in [-0.3, -0.25) is 4.31 Å². The summed E-state index contributed by atoms with van der Waals surface area (Å²) in [6, 6.07) is 7.06. The zero-order chi connectivity index (χ0) is 14.3. The van der Waals surface area contributed by atoms with Crippen molar-refractivity contribution >= 4 is 10.0 Å². The van der Waals surface area contributed by atoms with Crippen molar-refractivity contribution in [3.63, 3.8) is 0 Å². The van der Waals surface area contributed by atoms with E-state index < -0.39 is 10.0 Å². The van der Waals surface area contributed by atoms with Gasteiger partial charge in [0.1, 0.15) is 0 Å². The summed E-state index contributed by atoms with van der Waals surface area (Å²) >= 11 is 0. The Balaban J connectivity index is 1.96. The van der Waals surface area contributed by atoms with Gasteiger partial charge >= 0.3 is 0 Å². The first kappa shape index (κ1) is 13.4. The fourth-order valence-electron chi connectivity index (χ4n) is 2.90. The Morgan fingerprint density at radius 2 is 1.85 bits per heavy atom. The van der Waals surface area contributed by atoms with Crippen LogP contribution < -0.4 is 0 Å². The van der Waals surface area contributed by atoms with Crippen LogP contribution in [-0.4, -0.2) is 19.3 Å². The molecule has 1 atom stereocenters. The molecule has 1 heterocycles. The zero-order valence-electron chi connectivity index (χ0n) is 11.8. The Kier molecular flexibility index (Phi) is 3.21. The summed E-state index contributed by atoms with van der Waals surface area (Å²) in [6.45, 7) is 4.59. The highest BCUT2D eigenvalue weighted by atomic mass is 32.2. The van der Waals surface area contributed by atoms with Crippen LogP contribution in [0, 0.1) is 12.8 Å². The standard InChI is InChI=1S/C16H19NO2S/c1-12-3-7-15(8-4-12)20(18,19)17-10-9-14-6-5-13(2)16(14)11-17/h3-5,7-8,11,14H,6,9-10H2,1-2H3. The maximum atomic E-state index is 12.7. The summed E-state index contributed by atoms with van der Waals surface area (Å²) < 4.78 is 26.8. The Morgan fingerprint density at radius 3 is 2.55 bits per heavy atom. The van der Waals surface area contributed by atoms with Crippen LogP contribution in [0.1, 0.15) is 25.3 Å². The van der Waals surface area contributed by atoms with Gasteiger partial charge in [0, 0.05) is 12.7 Å². The third-order valence-electron chi connectivity index (χ3n) is 4.21.